The van der Waals surface area contributed by atoms with E-state index in [4.69, 9.17) is 4.74 Å². The van der Waals surface area contributed by atoms with Crippen LogP contribution in [0.5, 0.6) is 5.75 Å². The van der Waals surface area contributed by atoms with Crippen LogP contribution in [-0.4, -0.2) is 59.4 Å². The van der Waals surface area contributed by atoms with Crippen LogP contribution in [0.1, 0.15) is 40.5 Å². The van der Waals surface area contributed by atoms with Gasteiger partial charge < -0.3 is 19.6 Å². The van der Waals surface area contributed by atoms with Crippen LogP contribution < -0.4 is 4.74 Å². The number of piperidine rings is 1. The van der Waals surface area contributed by atoms with Gasteiger partial charge in [0.15, 0.2) is 5.76 Å². The van der Waals surface area contributed by atoms with Gasteiger partial charge in [0.1, 0.15) is 12.4 Å². The molecule has 2 aromatic rings. The molecular formula is C25H28N2O4S. The van der Waals surface area contributed by atoms with E-state index in [1.165, 1.54) is 17.8 Å². The predicted molar refractivity (Wildman–Crippen MR) is 125 cm³/mol. The van der Waals surface area contributed by atoms with Gasteiger partial charge in [-0.15, -0.1) is 11.3 Å². The van der Waals surface area contributed by atoms with Crippen molar-refractivity contribution in [1.82, 2.24) is 9.80 Å². The highest BCUT2D eigenvalue weighted by atomic mass is 32.1. The molecule has 7 heteroatoms. The Kier molecular flexibility index (Phi) is 7.07. The van der Waals surface area contributed by atoms with Crippen LogP contribution in [-0.2, 0) is 4.79 Å². The lowest BCUT2D eigenvalue weighted by atomic mass is 9.95. The Labute approximate surface area is 192 Å². The van der Waals surface area contributed by atoms with Gasteiger partial charge in [-0.05, 0) is 55.1 Å². The van der Waals surface area contributed by atoms with E-state index >= 15 is 0 Å². The van der Waals surface area contributed by atoms with Gasteiger partial charge in [0.2, 0.25) is 5.78 Å². The topological polar surface area (TPSA) is 70.1 Å². The largest absolute Gasteiger partial charge is 0.503 e. The van der Waals surface area contributed by atoms with Crippen LogP contribution in [0.3, 0.4) is 0 Å². The smallest absolute Gasteiger partial charge is 0.290 e. The maximum Gasteiger partial charge on any atom is 0.290 e. The van der Waals surface area contributed by atoms with E-state index in [0.717, 1.165) is 38.0 Å². The summed E-state index contributed by atoms with van der Waals surface area (Å²) in [6, 6.07) is 10.2. The van der Waals surface area contributed by atoms with E-state index in [1.54, 1.807) is 23.1 Å². The van der Waals surface area contributed by atoms with Gasteiger partial charge in [-0.2, -0.15) is 0 Å². The Bertz CT molecular complexity index is 991. The molecule has 1 unspecified atom stereocenters. The summed E-state index contributed by atoms with van der Waals surface area (Å²) < 4.78 is 5.57. The number of amides is 1. The first kappa shape index (κ1) is 22.3. The number of ketones is 1. The number of carbonyl (C=O) groups excluding carboxylic acids is 2. The summed E-state index contributed by atoms with van der Waals surface area (Å²) in [6.07, 6.45) is 5.23. The summed E-state index contributed by atoms with van der Waals surface area (Å²) in [5, 5.41) is 12.6. The van der Waals surface area contributed by atoms with Crippen LogP contribution >= 0.6 is 11.3 Å². The molecule has 0 radical (unpaired) electrons. The van der Waals surface area contributed by atoms with Crippen LogP contribution in [0.25, 0.3) is 0 Å². The Morgan fingerprint density at radius 1 is 1.16 bits per heavy atom. The van der Waals surface area contributed by atoms with Gasteiger partial charge in [0.05, 0.1) is 16.5 Å². The number of rotatable bonds is 9. The molecule has 3 heterocycles. The molecule has 1 saturated heterocycles. The Morgan fingerprint density at radius 3 is 2.56 bits per heavy atom. The molecule has 0 spiro atoms. The average molecular weight is 453 g/mol. The normalized spacial score (nSPS) is 19.4. The van der Waals surface area contributed by atoms with Crippen molar-refractivity contribution >= 4 is 23.0 Å². The summed E-state index contributed by atoms with van der Waals surface area (Å²) in [4.78, 5) is 30.8. The minimum absolute atomic E-state index is 0.149. The minimum Gasteiger partial charge on any atom is -0.503 e. The van der Waals surface area contributed by atoms with Gasteiger partial charge in [-0.1, -0.05) is 37.3 Å². The fourth-order valence-electron chi connectivity index (χ4n) is 4.34. The average Bonchev–Trinajstić information content (AvgIpc) is 3.45. The summed E-state index contributed by atoms with van der Waals surface area (Å²) in [5.41, 5.74) is 0.919. The second-order valence-corrected chi connectivity index (χ2v) is 8.99. The van der Waals surface area contributed by atoms with Crippen LogP contribution in [0, 0.1) is 0 Å². The number of hydrogen-bond donors (Lipinski definition) is 1. The molecule has 0 saturated carbocycles. The van der Waals surface area contributed by atoms with E-state index in [0.29, 0.717) is 23.8 Å². The molecule has 168 valence electrons. The number of carbonyl (C=O) groups is 2. The van der Waals surface area contributed by atoms with E-state index in [9.17, 15) is 14.7 Å². The van der Waals surface area contributed by atoms with Gasteiger partial charge in [-0.25, -0.2) is 0 Å². The van der Waals surface area contributed by atoms with Crippen LogP contribution in [0.2, 0.25) is 0 Å². The number of thiophene rings is 1. The Hall–Kier alpha value is -2.90. The summed E-state index contributed by atoms with van der Waals surface area (Å²) in [5.74, 6) is -0.557. The fraction of sp³-hybridized carbons (Fsp3) is 0.360. The maximum absolute atomic E-state index is 13.3. The van der Waals surface area contributed by atoms with Crippen molar-refractivity contribution in [2.24, 2.45) is 0 Å². The number of hydrogen-bond acceptors (Lipinski definition) is 6. The van der Waals surface area contributed by atoms with Crippen molar-refractivity contribution in [3.05, 3.63) is 76.2 Å². The third kappa shape index (κ3) is 4.64. The number of aliphatic hydroxyl groups excluding tert-OH is 1. The molecule has 1 atom stereocenters. The quantitative estimate of drug-likeness (QED) is 0.452. The standard InChI is InChI=1S/C25H28N2O4S/c1-2-16-31-19-10-8-18(9-11-19)22-21(23(28)20-7-6-17-32-20)24(29)25(30)27(22)15-14-26-12-4-3-5-13-26/h2,6-11,17,22,29H,1,3-5,12-16H2. The van der Waals surface area contributed by atoms with Crippen LogP contribution in [0.15, 0.2) is 65.8 Å². The molecular weight excluding hydrogens is 424 g/mol. The summed E-state index contributed by atoms with van der Waals surface area (Å²) >= 11 is 1.30. The molecule has 1 aromatic heterocycles. The number of Topliss-reactive ketones (excluding diaryl/α,β-unsaturated/α-hetero) is 1. The first-order chi connectivity index (χ1) is 15.6. The number of benzene rings is 1. The highest BCUT2D eigenvalue weighted by Crippen LogP contribution is 2.39. The summed E-state index contributed by atoms with van der Waals surface area (Å²) in [6.45, 7) is 7.25. The maximum atomic E-state index is 13.3. The molecule has 1 aromatic carbocycles. The first-order valence-electron chi connectivity index (χ1n) is 11.0. The zero-order chi connectivity index (χ0) is 22.5. The monoisotopic (exact) mass is 452 g/mol. The Morgan fingerprint density at radius 2 is 1.91 bits per heavy atom. The summed E-state index contributed by atoms with van der Waals surface area (Å²) in [7, 11) is 0. The van der Waals surface area contributed by atoms with Gasteiger partial charge in [0, 0.05) is 13.1 Å². The highest BCUT2D eigenvalue weighted by Gasteiger charge is 2.43. The number of nitrogens with zero attached hydrogens (tertiary/aromatic N) is 2. The molecule has 1 N–H and O–H groups in total. The lowest BCUT2D eigenvalue weighted by Gasteiger charge is -2.31. The minimum atomic E-state index is -0.629. The van der Waals surface area contributed by atoms with Crippen molar-refractivity contribution in [3.8, 4) is 5.75 Å². The molecule has 4 rings (SSSR count). The lowest BCUT2D eigenvalue weighted by Crippen LogP contribution is -2.40. The Balaban J connectivity index is 1.63. The highest BCUT2D eigenvalue weighted by molar-refractivity contribution is 7.12. The van der Waals surface area contributed by atoms with Crippen molar-refractivity contribution < 1.29 is 19.4 Å². The van der Waals surface area contributed by atoms with Crippen molar-refractivity contribution in [3.63, 3.8) is 0 Å². The molecule has 2 aliphatic rings. The predicted octanol–water partition coefficient (Wildman–Crippen LogP) is 4.38. The lowest BCUT2D eigenvalue weighted by molar-refractivity contribution is -0.129. The second kappa shape index (κ2) is 10.1. The number of ether oxygens (including phenoxy) is 1. The number of aliphatic hydroxyl groups is 1. The molecule has 2 aliphatic heterocycles. The zero-order valence-corrected chi connectivity index (χ0v) is 18.9. The van der Waals surface area contributed by atoms with Crippen molar-refractivity contribution in [1.29, 1.82) is 0 Å². The van der Waals surface area contributed by atoms with Crippen molar-refractivity contribution in [2.75, 3.05) is 32.8 Å². The molecule has 1 fully saturated rings. The molecule has 0 aliphatic carbocycles. The third-order valence-corrected chi connectivity index (χ3v) is 6.83. The van der Waals surface area contributed by atoms with E-state index < -0.39 is 17.7 Å². The van der Waals surface area contributed by atoms with E-state index in [2.05, 4.69) is 11.5 Å². The molecule has 0 bridgehead atoms. The van der Waals surface area contributed by atoms with E-state index in [-0.39, 0.29) is 11.4 Å². The molecule has 32 heavy (non-hydrogen) atoms. The van der Waals surface area contributed by atoms with Crippen LogP contribution in [0.4, 0.5) is 0 Å². The van der Waals surface area contributed by atoms with Gasteiger partial charge >= 0.3 is 0 Å². The SMILES string of the molecule is C=CCOc1ccc(C2C(C(=O)c3cccs3)=C(O)C(=O)N2CCN2CCCCC2)cc1. The second-order valence-electron chi connectivity index (χ2n) is 8.04. The van der Waals surface area contributed by atoms with Gasteiger partial charge in [-0.3, -0.25) is 9.59 Å². The third-order valence-electron chi connectivity index (χ3n) is 5.96. The fourth-order valence-corrected chi connectivity index (χ4v) is 5.01. The zero-order valence-electron chi connectivity index (χ0n) is 18.0. The van der Waals surface area contributed by atoms with Crippen molar-refractivity contribution in [2.45, 2.75) is 25.3 Å². The van der Waals surface area contributed by atoms with E-state index in [1.807, 2.05) is 29.6 Å². The molecule has 1 amide bonds. The molecule has 6 nitrogen and oxygen atoms in total. The first-order valence-corrected chi connectivity index (χ1v) is 11.9. The number of likely N-dealkylation sites (tertiary alicyclic amines) is 1. The van der Waals surface area contributed by atoms with Gasteiger partial charge in [0.25, 0.3) is 5.91 Å².